The highest BCUT2D eigenvalue weighted by molar-refractivity contribution is 5.93. The number of hydrogen-bond donors (Lipinski definition) is 2. The summed E-state index contributed by atoms with van der Waals surface area (Å²) in [5.74, 6) is 0.727. The van der Waals surface area contributed by atoms with Crippen molar-refractivity contribution in [3.05, 3.63) is 28.7 Å². The summed E-state index contributed by atoms with van der Waals surface area (Å²) in [4.78, 5) is 31.7. The molecule has 1 aromatic carbocycles. The molecule has 3 N–H and O–H groups in total. The van der Waals surface area contributed by atoms with Gasteiger partial charge in [-0.2, -0.15) is 4.98 Å². The van der Waals surface area contributed by atoms with Crippen LogP contribution < -0.4 is 16.2 Å². The molecular formula is C18H24N4O4. The number of hydrogen-bond acceptors (Lipinski definition) is 6. The molecule has 1 fully saturated rings. The van der Waals surface area contributed by atoms with E-state index in [2.05, 4.69) is 9.97 Å². The van der Waals surface area contributed by atoms with Crippen LogP contribution in [0, 0.1) is 0 Å². The maximum atomic E-state index is 12.1. The van der Waals surface area contributed by atoms with E-state index in [-0.39, 0.29) is 18.0 Å². The Bertz CT molecular complexity index is 864. The number of aromatic amines is 1. The van der Waals surface area contributed by atoms with E-state index in [1.807, 2.05) is 20.8 Å². The topological polar surface area (TPSA) is 111 Å². The van der Waals surface area contributed by atoms with E-state index in [0.29, 0.717) is 42.6 Å². The number of nitrogens with one attached hydrogen (secondary N) is 1. The number of benzene rings is 1. The Morgan fingerprint density at radius 2 is 2.00 bits per heavy atom. The summed E-state index contributed by atoms with van der Waals surface area (Å²) >= 11 is 0. The van der Waals surface area contributed by atoms with Crippen molar-refractivity contribution in [3.63, 3.8) is 0 Å². The fourth-order valence-corrected chi connectivity index (χ4v) is 2.97. The molecule has 1 aliphatic heterocycles. The quantitative estimate of drug-likeness (QED) is 0.850. The second kappa shape index (κ2) is 6.86. The SMILES string of the molecule is CC(C)(C)OC(=O)N1CCC(Oc2cccc3[nH]c(=O)nc(N)c23)CC1. The number of nitrogens with two attached hydrogens (primary N) is 1. The van der Waals surface area contributed by atoms with E-state index < -0.39 is 11.3 Å². The van der Waals surface area contributed by atoms with Gasteiger partial charge in [0.2, 0.25) is 0 Å². The van der Waals surface area contributed by atoms with E-state index >= 15 is 0 Å². The van der Waals surface area contributed by atoms with Gasteiger partial charge in [0.1, 0.15) is 23.3 Å². The summed E-state index contributed by atoms with van der Waals surface area (Å²) in [5.41, 5.74) is 5.50. The monoisotopic (exact) mass is 360 g/mol. The van der Waals surface area contributed by atoms with Crippen molar-refractivity contribution in [3.8, 4) is 5.75 Å². The molecule has 8 nitrogen and oxygen atoms in total. The Morgan fingerprint density at radius 3 is 2.65 bits per heavy atom. The minimum Gasteiger partial charge on any atom is -0.489 e. The number of anilines is 1. The van der Waals surface area contributed by atoms with Gasteiger partial charge in [0.25, 0.3) is 0 Å². The molecule has 3 rings (SSSR count). The Balaban J connectivity index is 1.68. The first kappa shape index (κ1) is 18.0. The minimum absolute atomic E-state index is 0.0504. The fraction of sp³-hybridized carbons (Fsp3) is 0.500. The number of likely N-dealkylation sites (tertiary alicyclic amines) is 1. The van der Waals surface area contributed by atoms with Crippen molar-refractivity contribution in [2.45, 2.75) is 45.3 Å². The van der Waals surface area contributed by atoms with Crippen LogP contribution >= 0.6 is 0 Å². The minimum atomic E-state index is -0.505. The lowest BCUT2D eigenvalue weighted by Gasteiger charge is -2.33. The zero-order chi connectivity index (χ0) is 18.9. The number of carbonyl (C=O) groups is 1. The van der Waals surface area contributed by atoms with Gasteiger partial charge in [-0.1, -0.05) is 6.07 Å². The van der Waals surface area contributed by atoms with Gasteiger partial charge in [-0.05, 0) is 32.9 Å². The van der Waals surface area contributed by atoms with Crippen molar-refractivity contribution in [1.82, 2.24) is 14.9 Å². The van der Waals surface area contributed by atoms with Gasteiger partial charge in [-0.3, -0.25) is 0 Å². The first-order valence-corrected chi connectivity index (χ1v) is 8.66. The zero-order valence-corrected chi connectivity index (χ0v) is 15.2. The Labute approximate surface area is 151 Å². The van der Waals surface area contributed by atoms with Crippen molar-refractivity contribution >= 4 is 22.8 Å². The number of H-pyrrole nitrogens is 1. The Morgan fingerprint density at radius 1 is 1.31 bits per heavy atom. The van der Waals surface area contributed by atoms with Crippen LogP contribution in [0.5, 0.6) is 5.75 Å². The number of carbonyl (C=O) groups excluding carboxylic acids is 1. The van der Waals surface area contributed by atoms with Gasteiger partial charge in [-0.15, -0.1) is 0 Å². The largest absolute Gasteiger partial charge is 0.489 e. The molecule has 1 saturated heterocycles. The third kappa shape index (κ3) is 4.07. The number of amides is 1. The van der Waals surface area contributed by atoms with Crippen molar-refractivity contribution in [2.75, 3.05) is 18.8 Å². The van der Waals surface area contributed by atoms with Crippen LogP contribution in [0.15, 0.2) is 23.0 Å². The van der Waals surface area contributed by atoms with Gasteiger partial charge in [0, 0.05) is 25.9 Å². The van der Waals surface area contributed by atoms with E-state index in [9.17, 15) is 9.59 Å². The molecule has 0 unspecified atom stereocenters. The van der Waals surface area contributed by atoms with Crippen LogP contribution in [-0.4, -0.2) is 45.8 Å². The lowest BCUT2D eigenvalue weighted by atomic mass is 10.1. The molecule has 0 spiro atoms. The molecule has 1 amide bonds. The van der Waals surface area contributed by atoms with Crippen molar-refractivity contribution < 1.29 is 14.3 Å². The molecule has 0 saturated carbocycles. The van der Waals surface area contributed by atoms with Gasteiger partial charge >= 0.3 is 11.8 Å². The van der Waals surface area contributed by atoms with Gasteiger partial charge in [0.15, 0.2) is 0 Å². The number of nitrogens with zero attached hydrogens (tertiary/aromatic N) is 2. The molecule has 140 valence electrons. The molecule has 1 aromatic heterocycles. The van der Waals surface area contributed by atoms with Crippen molar-refractivity contribution in [1.29, 1.82) is 0 Å². The third-order valence-corrected chi connectivity index (χ3v) is 4.13. The third-order valence-electron chi connectivity index (χ3n) is 4.13. The molecule has 26 heavy (non-hydrogen) atoms. The smallest absolute Gasteiger partial charge is 0.410 e. The zero-order valence-electron chi connectivity index (χ0n) is 15.2. The maximum Gasteiger partial charge on any atom is 0.410 e. The summed E-state index contributed by atoms with van der Waals surface area (Å²) in [6.07, 6.45) is 1.02. The highest BCUT2D eigenvalue weighted by atomic mass is 16.6. The van der Waals surface area contributed by atoms with E-state index in [1.54, 1.807) is 23.1 Å². The molecule has 1 aliphatic rings. The first-order chi connectivity index (χ1) is 12.2. The lowest BCUT2D eigenvalue weighted by Crippen LogP contribution is -2.44. The van der Waals surface area contributed by atoms with Crippen LogP contribution in [-0.2, 0) is 4.74 Å². The van der Waals surface area contributed by atoms with Crippen molar-refractivity contribution in [2.24, 2.45) is 0 Å². The average molecular weight is 360 g/mol. The number of ether oxygens (including phenoxy) is 2. The molecule has 8 heteroatoms. The standard InChI is InChI=1S/C18H24N4O4/c1-18(2,3)26-17(24)22-9-7-11(8-10-22)25-13-6-4-5-12-14(13)15(19)21-16(23)20-12/h4-6,11H,7-10H2,1-3H3,(H3,19,20,21,23). The number of fused-ring (bicyclic) bond motifs is 1. The average Bonchev–Trinajstić information content (AvgIpc) is 2.53. The van der Waals surface area contributed by atoms with Crippen LogP contribution in [0.3, 0.4) is 0 Å². The number of nitrogen functional groups attached to an aromatic ring is 1. The van der Waals surface area contributed by atoms with E-state index in [4.69, 9.17) is 15.2 Å². The van der Waals surface area contributed by atoms with Crippen LogP contribution in [0.2, 0.25) is 0 Å². The molecular weight excluding hydrogens is 336 g/mol. The van der Waals surface area contributed by atoms with E-state index in [0.717, 1.165) is 0 Å². The second-order valence-electron chi connectivity index (χ2n) is 7.39. The number of rotatable bonds is 2. The van der Waals surface area contributed by atoms with Gasteiger partial charge in [-0.25, -0.2) is 9.59 Å². The summed E-state index contributed by atoms with van der Waals surface area (Å²) in [6.45, 7) is 6.68. The molecule has 2 aromatic rings. The van der Waals surface area contributed by atoms with Gasteiger partial charge in [0.05, 0.1) is 10.9 Å². The Kier molecular flexibility index (Phi) is 4.76. The van der Waals surface area contributed by atoms with Crippen LogP contribution in [0.25, 0.3) is 10.9 Å². The lowest BCUT2D eigenvalue weighted by molar-refractivity contribution is 0.0128. The van der Waals surface area contributed by atoms with Gasteiger partial charge < -0.3 is 25.1 Å². The molecule has 0 aliphatic carbocycles. The summed E-state index contributed by atoms with van der Waals surface area (Å²) in [5, 5.41) is 0.599. The fourth-order valence-electron chi connectivity index (χ4n) is 2.97. The highest BCUT2D eigenvalue weighted by Gasteiger charge is 2.28. The molecule has 0 bridgehead atoms. The molecule has 0 radical (unpaired) electrons. The summed E-state index contributed by atoms with van der Waals surface area (Å²) in [7, 11) is 0. The summed E-state index contributed by atoms with van der Waals surface area (Å²) < 4.78 is 11.5. The molecule has 2 heterocycles. The second-order valence-corrected chi connectivity index (χ2v) is 7.39. The van der Waals surface area contributed by atoms with Crippen LogP contribution in [0.1, 0.15) is 33.6 Å². The number of aromatic nitrogens is 2. The first-order valence-electron chi connectivity index (χ1n) is 8.66. The summed E-state index contributed by atoms with van der Waals surface area (Å²) in [6, 6.07) is 5.36. The Hall–Kier alpha value is -2.77. The van der Waals surface area contributed by atoms with E-state index in [1.165, 1.54) is 0 Å². The maximum absolute atomic E-state index is 12.1. The number of piperidine rings is 1. The highest BCUT2D eigenvalue weighted by Crippen LogP contribution is 2.29. The predicted molar refractivity (Wildman–Crippen MR) is 98.2 cm³/mol. The normalized spacial score (nSPS) is 15.9. The predicted octanol–water partition coefficient (Wildman–Crippen LogP) is 2.28. The van der Waals surface area contributed by atoms with Crippen LogP contribution in [0.4, 0.5) is 10.6 Å². The molecule has 0 atom stereocenters.